The number of rotatable bonds is 8. The fraction of sp³-hybridized carbons (Fsp3) is 0.196. The summed E-state index contributed by atoms with van der Waals surface area (Å²) in [5.74, 6) is -1.13. The highest BCUT2D eigenvalue weighted by atomic mass is 19.4. The summed E-state index contributed by atoms with van der Waals surface area (Å²) < 4.78 is 35.9. The predicted octanol–water partition coefficient (Wildman–Crippen LogP) is 12.2. The van der Waals surface area contributed by atoms with Gasteiger partial charge in [0.25, 0.3) is 0 Å². The molecule has 0 atom stereocenters. The highest BCUT2D eigenvalue weighted by molar-refractivity contribution is 5.88. The lowest BCUT2D eigenvalue weighted by Gasteiger charge is -2.20. The lowest BCUT2D eigenvalue weighted by atomic mass is 10.0. The Bertz CT molecular complexity index is 2940. The third kappa shape index (κ3) is 11.5. The van der Waals surface area contributed by atoms with Crippen LogP contribution in [-0.4, -0.2) is 36.4 Å². The molecule has 0 bridgehead atoms. The molecule has 330 valence electrons. The van der Waals surface area contributed by atoms with Crippen LogP contribution < -0.4 is 21.5 Å². The van der Waals surface area contributed by atoms with E-state index in [9.17, 15) is 22.8 Å². The average Bonchev–Trinajstić information content (AvgIpc) is 3.28. The van der Waals surface area contributed by atoms with E-state index in [2.05, 4.69) is 43.6 Å². The van der Waals surface area contributed by atoms with Crippen LogP contribution in [0.4, 0.5) is 36.2 Å². The summed E-state index contributed by atoms with van der Waals surface area (Å²) in [5, 5.41) is 15.3. The number of hydrogen-bond donors (Lipinski definition) is 3. The summed E-state index contributed by atoms with van der Waals surface area (Å²) >= 11 is 0. The molecule has 0 unspecified atom stereocenters. The molecule has 0 aliphatic carbocycles. The number of halogens is 3. The number of nitrogens with one attached hydrogen (secondary N) is 2. The molecular weight excluding hydrogens is 818 g/mol. The quantitative estimate of drug-likeness (QED) is 0.138. The normalized spacial score (nSPS) is 10.8. The number of hydrogen-bond acceptors (Lipinski definition) is 7. The number of benzene rings is 4. The van der Waals surface area contributed by atoms with Crippen LogP contribution in [0.5, 0.6) is 0 Å². The van der Waals surface area contributed by atoms with Crippen LogP contribution in [0.15, 0.2) is 155 Å². The highest BCUT2D eigenvalue weighted by Gasteiger charge is 2.38. The summed E-state index contributed by atoms with van der Waals surface area (Å²) in [6, 6.07) is 47.3. The Morgan fingerprint density at radius 3 is 1.36 bits per heavy atom. The summed E-state index contributed by atoms with van der Waals surface area (Å²) in [6.45, 7) is 14.1. The van der Waals surface area contributed by atoms with Crippen molar-refractivity contribution in [2.24, 2.45) is 0 Å². The molecule has 0 aliphatic rings. The SMILES string of the molecule is CC.CCc1nc(C)cc2c1c(=O)cc(Nc1ccccc1)n2-c1ccccc1.Cc1cc2c(c(C(C)C)n1)c(=O)cc(Nc1ccccc1)n2-c1ccccc1.O=C(O)C(F)(F)F. The number of anilines is 4. The lowest BCUT2D eigenvalue weighted by molar-refractivity contribution is -0.192. The minimum atomic E-state index is -5.08. The molecular formula is C51H51F3N6O4. The summed E-state index contributed by atoms with van der Waals surface area (Å²) in [7, 11) is 0. The van der Waals surface area contributed by atoms with Gasteiger partial charge in [-0.3, -0.25) is 28.7 Å². The maximum absolute atomic E-state index is 13.1. The number of nitrogens with zero attached hydrogens (tertiary/aromatic N) is 4. The number of aliphatic carboxylic acids is 1. The molecule has 0 aliphatic heterocycles. The number of para-hydroxylation sites is 4. The molecule has 10 nitrogen and oxygen atoms in total. The molecule has 4 aromatic heterocycles. The Hall–Kier alpha value is -7.54. The molecule has 8 rings (SSSR count). The zero-order valence-corrected chi connectivity index (χ0v) is 36.7. The fourth-order valence-corrected chi connectivity index (χ4v) is 6.96. The van der Waals surface area contributed by atoms with Gasteiger partial charge in [-0.25, -0.2) is 4.79 Å². The maximum atomic E-state index is 13.1. The number of fused-ring (bicyclic) bond motifs is 2. The highest BCUT2D eigenvalue weighted by Crippen LogP contribution is 2.30. The standard InChI is InChI=1S/C24H23N3O.C23H21N3O.C2HF3O2.C2H6/c1-16(2)24-23-20(14-17(3)25-24)27(19-12-8-5-9-13-19)22(15-21(23)28)26-18-10-6-4-7-11-18;1-3-19-23-20(14-16(2)24-19)26(18-12-8-5-9-13-18)22(15-21(23)27)25-17-10-6-4-7-11-17;3-2(4,5)1(6)7;1-2/h4-16,26H,1-3H3;4-15,25H,3H2,1-2H3;(H,6,7);1-2H3. The van der Waals surface area contributed by atoms with Crippen molar-refractivity contribution in [1.29, 1.82) is 0 Å². The van der Waals surface area contributed by atoms with Gasteiger partial charge in [0.2, 0.25) is 0 Å². The molecule has 0 radical (unpaired) electrons. The van der Waals surface area contributed by atoms with Crippen molar-refractivity contribution in [2.45, 2.75) is 67.0 Å². The fourth-order valence-electron chi connectivity index (χ4n) is 6.96. The summed E-state index contributed by atoms with van der Waals surface area (Å²) in [6.07, 6.45) is -4.37. The van der Waals surface area contributed by atoms with Crippen LogP contribution in [0.3, 0.4) is 0 Å². The predicted molar refractivity (Wildman–Crippen MR) is 252 cm³/mol. The smallest absolute Gasteiger partial charge is 0.475 e. The third-order valence-corrected chi connectivity index (χ3v) is 9.59. The molecule has 4 aromatic carbocycles. The average molecular weight is 869 g/mol. The van der Waals surface area contributed by atoms with Gasteiger partial charge in [0.1, 0.15) is 11.6 Å². The van der Waals surface area contributed by atoms with Gasteiger partial charge in [-0.1, -0.05) is 107 Å². The second kappa shape index (κ2) is 21.5. The van der Waals surface area contributed by atoms with Crippen LogP contribution in [0.2, 0.25) is 0 Å². The van der Waals surface area contributed by atoms with Crippen molar-refractivity contribution in [1.82, 2.24) is 19.1 Å². The van der Waals surface area contributed by atoms with E-state index in [4.69, 9.17) is 9.90 Å². The van der Waals surface area contributed by atoms with Gasteiger partial charge in [-0.15, -0.1) is 0 Å². The molecule has 4 heterocycles. The first-order chi connectivity index (χ1) is 30.7. The van der Waals surface area contributed by atoms with Crippen LogP contribution in [0.1, 0.15) is 63.3 Å². The van der Waals surface area contributed by atoms with Crippen molar-refractivity contribution in [3.63, 3.8) is 0 Å². The van der Waals surface area contributed by atoms with E-state index < -0.39 is 12.1 Å². The molecule has 0 fully saturated rings. The molecule has 64 heavy (non-hydrogen) atoms. The summed E-state index contributed by atoms with van der Waals surface area (Å²) in [5.41, 5.74) is 9.05. The number of alkyl halides is 3. The van der Waals surface area contributed by atoms with Crippen molar-refractivity contribution in [2.75, 3.05) is 10.6 Å². The Morgan fingerprint density at radius 2 is 0.984 bits per heavy atom. The van der Waals surface area contributed by atoms with E-state index in [1.165, 1.54) is 0 Å². The first kappa shape index (κ1) is 47.5. The van der Waals surface area contributed by atoms with Crippen molar-refractivity contribution < 1.29 is 23.1 Å². The number of aryl methyl sites for hydroxylation is 3. The molecule has 8 aromatic rings. The number of carbonyl (C=O) groups is 1. The number of aromatic nitrogens is 4. The van der Waals surface area contributed by atoms with Crippen molar-refractivity contribution >= 4 is 50.8 Å². The molecule has 0 amide bonds. The second-order valence-electron chi connectivity index (χ2n) is 14.6. The van der Waals surface area contributed by atoms with E-state index in [1.807, 2.05) is 168 Å². The van der Waals surface area contributed by atoms with Gasteiger partial charge in [0.15, 0.2) is 10.9 Å². The molecule has 0 saturated heterocycles. The Labute approximate surface area is 369 Å². The van der Waals surface area contributed by atoms with E-state index >= 15 is 0 Å². The number of pyridine rings is 4. The minimum Gasteiger partial charge on any atom is -0.475 e. The number of carboxylic acid groups (broad SMARTS) is 1. The minimum absolute atomic E-state index is 0.0139. The summed E-state index contributed by atoms with van der Waals surface area (Å²) in [4.78, 5) is 44.3. The Kier molecular flexibility index (Phi) is 16.0. The Morgan fingerprint density at radius 1 is 0.625 bits per heavy atom. The zero-order valence-electron chi connectivity index (χ0n) is 36.7. The monoisotopic (exact) mass is 868 g/mol. The van der Waals surface area contributed by atoms with Gasteiger partial charge >= 0.3 is 12.1 Å². The van der Waals surface area contributed by atoms with Crippen molar-refractivity contribution in [3.8, 4) is 11.4 Å². The van der Waals surface area contributed by atoms with Gasteiger partial charge in [-0.05, 0) is 86.8 Å². The van der Waals surface area contributed by atoms with Gasteiger partial charge in [0, 0.05) is 46.3 Å². The number of carboxylic acids is 1. The van der Waals surface area contributed by atoms with Crippen LogP contribution >= 0.6 is 0 Å². The van der Waals surface area contributed by atoms with Crippen LogP contribution in [0.25, 0.3) is 33.2 Å². The zero-order chi connectivity index (χ0) is 46.6. The van der Waals surface area contributed by atoms with Gasteiger partial charge in [-0.2, -0.15) is 13.2 Å². The maximum Gasteiger partial charge on any atom is 0.490 e. The topological polar surface area (TPSA) is 131 Å². The Balaban J connectivity index is 0.000000203. The van der Waals surface area contributed by atoms with Gasteiger partial charge in [0.05, 0.1) is 33.2 Å². The molecule has 3 N–H and O–H groups in total. The van der Waals surface area contributed by atoms with Crippen LogP contribution in [-0.2, 0) is 11.2 Å². The first-order valence-corrected chi connectivity index (χ1v) is 20.8. The van der Waals surface area contributed by atoms with Gasteiger partial charge < -0.3 is 15.7 Å². The van der Waals surface area contributed by atoms with E-state index in [0.717, 1.165) is 68.2 Å². The lowest BCUT2D eigenvalue weighted by Crippen LogP contribution is -2.21. The van der Waals surface area contributed by atoms with E-state index in [0.29, 0.717) is 17.2 Å². The molecule has 0 saturated carbocycles. The molecule has 0 spiro atoms. The molecule has 13 heteroatoms. The first-order valence-electron chi connectivity index (χ1n) is 20.8. The second-order valence-corrected chi connectivity index (χ2v) is 14.6. The van der Waals surface area contributed by atoms with E-state index in [-0.39, 0.29) is 16.8 Å². The van der Waals surface area contributed by atoms with Crippen molar-refractivity contribution in [3.05, 3.63) is 189 Å². The van der Waals surface area contributed by atoms with Crippen LogP contribution in [0, 0.1) is 13.8 Å². The van der Waals surface area contributed by atoms with E-state index in [1.54, 1.807) is 12.1 Å². The largest absolute Gasteiger partial charge is 0.490 e. The third-order valence-electron chi connectivity index (χ3n) is 9.59.